The maximum atomic E-state index is 5.43. The van der Waals surface area contributed by atoms with Crippen molar-refractivity contribution in [2.75, 3.05) is 6.16 Å². The fourth-order valence-corrected chi connectivity index (χ4v) is 14.0. The summed E-state index contributed by atoms with van der Waals surface area (Å²) in [5.74, 6) is 3.30. The van der Waals surface area contributed by atoms with E-state index in [9.17, 15) is 0 Å². The molecule has 1 aliphatic carbocycles. The van der Waals surface area contributed by atoms with E-state index in [1.807, 2.05) is 42.5 Å². The van der Waals surface area contributed by atoms with Crippen LogP contribution in [-0.4, -0.2) is 45.2 Å². The van der Waals surface area contributed by atoms with E-state index in [1.165, 1.54) is 27.5 Å². The molecule has 1 aliphatic heterocycles. The molecule has 2 unspecified atom stereocenters. The number of allylic oxidation sites excluding steroid dienone is 2. The molecule has 0 spiro atoms. The van der Waals surface area contributed by atoms with Gasteiger partial charge in [-0.3, -0.25) is 0 Å². The first kappa shape index (κ1) is 50.2. The van der Waals surface area contributed by atoms with Crippen molar-refractivity contribution in [2.45, 2.75) is 13.8 Å². The van der Waals surface area contributed by atoms with Crippen LogP contribution in [0.5, 0.6) is 0 Å². The molecule has 2 aliphatic rings. The van der Waals surface area contributed by atoms with E-state index in [2.05, 4.69) is 241 Å². The average molecular weight is 1110 g/mol. The number of hydrogen-bond acceptors (Lipinski definition) is 6. The van der Waals surface area contributed by atoms with Crippen molar-refractivity contribution >= 4 is 59.0 Å². The first-order valence-electron chi connectivity index (χ1n) is 28.9. The number of aromatic nitrogens is 8. The zero-order valence-corrected chi connectivity index (χ0v) is 47.7. The van der Waals surface area contributed by atoms with E-state index >= 15 is 0 Å². The smallest absolute Gasteiger partial charge is 0.166 e. The van der Waals surface area contributed by atoms with Crippen molar-refractivity contribution < 1.29 is 0 Å². The van der Waals surface area contributed by atoms with Crippen molar-refractivity contribution in [1.82, 2.24) is 39.0 Å². The maximum Gasteiger partial charge on any atom is 0.166 e. The van der Waals surface area contributed by atoms with Gasteiger partial charge in [0.2, 0.25) is 0 Å². The molecule has 8 nitrogen and oxygen atoms in total. The summed E-state index contributed by atoms with van der Waals surface area (Å²) in [6, 6.07) is 86.1. The SMILES string of the molecule is CC1=Cc2c3n(c4ccccc24)-c2c(cccc2-c2ccccc2-c2ccccc2-c2cccc(-c4nc(-c5ccccc5)nc(-c5ccccc5)n4)c2-n2c4ccccc4c4cc(C)ccc42)-c2nc(nc(-c4ccccc4)n2)PCC1C=C3. The standard InChI is InChI=1S/C76H53N8P/c1-47-40-42-67-63(44-47)57-32-16-18-38-65(57)83(67)69-59(34-20-36-61(69)74-78-71(49-22-6-3-7-23-49)77-72(79-74)50-24-8-4-9-25-50)55-30-14-12-28-53(55)54-29-13-15-31-56(54)60-35-21-37-62-70(60)84-66-39-19-17-33-58(66)64-45-48(2)52(41-43-68(64)84)46-85-76-81-73(80-75(62)82-76)51-26-10-5-11-27-51/h3-45,52,85H,46H2,1-2H3. The quantitative estimate of drug-likeness (QED) is 0.141. The highest BCUT2D eigenvalue weighted by Gasteiger charge is 2.29. The summed E-state index contributed by atoms with van der Waals surface area (Å²) in [7, 11) is 0.367. The Kier molecular flexibility index (Phi) is 12.2. The minimum absolute atomic E-state index is 0.210. The summed E-state index contributed by atoms with van der Waals surface area (Å²) in [5.41, 5.74) is 21.8. The number of benzene rings is 10. The minimum atomic E-state index is 0.210. The number of hydrogen-bond donors (Lipinski definition) is 0. The fourth-order valence-electron chi connectivity index (χ4n) is 12.8. The van der Waals surface area contributed by atoms with E-state index < -0.39 is 0 Å². The van der Waals surface area contributed by atoms with Crippen LogP contribution in [0.15, 0.2) is 254 Å². The summed E-state index contributed by atoms with van der Waals surface area (Å²) in [4.78, 5) is 32.0. The van der Waals surface area contributed by atoms with Gasteiger partial charge >= 0.3 is 0 Å². The highest BCUT2D eigenvalue weighted by molar-refractivity contribution is 7.46. The molecule has 9 heteroatoms. The summed E-state index contributed by atoms with van der Waals surface area (Å²) >= 11 is 0. The normalized spacial score (nSPS) is 13.9. The van der Waals surface area contributed by atoms with Crippen LogP contribution in [0.25, 0.3) is 147 Å². The Morgan fingerprint density at radius 3 is 1.38 bits per heavy atom. The Bertz CT molecular complexity index is 4980. The van der Waals surface area contributed by atoms with Gasteiger partial charge in [0.1, 0.15) is 0 Å². The fraction of sp³-hybridized carbons (Fsp3) is 0.0526. The predicted molar refractivity (Wildman–Crippen MR) is 352 cm³/mol. The lowest BCUT2D eigenvalue weighted by Crippen LogP contribution is -2.16. The Morgan fingerprint density at radius 1 is 0.365 bits per heavy atom. The number of fused-ring (bicyclic) bond motifs is 12. The third kappa shape index (κ3) is 8.64. The van der Waals surface area contributed by atoms with Gasteiger partial charge in [-0.25, -0.2) is 29.9 Å². The van der Waals surface area contributed by atoms with Crippen molar-refractivity contribution in [3.05, 3.63) is 271 Å². The van der Waals surface area contributed by atoms with Crippen LogP contribution < -0.4 is 5.57 Å². The topological polar surface area (TPSA) is 87.2 Å². The van der Waals surface area contributed by atoms with Gasteiger partial charge in [0.25, 0.3) is 0 Å². The van der Waals surface area contributed by atoms with Crippen LogP contribution in [0.3, 0.4) is 0 Å². The average Bonchev–Trinajstić information content (AvgIpc) is 3.05. The predicted octanol–water partition coefficient (Wildman–Crippen LogP) is 18.1. The Balaban J connectivity index is 0.979. The third-order valence-electron chi connectivity index (χ3n) is 16.8. The maximum absolute atomic E-state index is 5.43. The molecule has 0 amide bonds. The van der Waals surface area contributed by atoms with Gasteiger partial charge in [-0.2, -0.15) is 0 Å². The second kappa shape index (κ2) is 20.7. The van der Waals surface area contributed by atoms with Gasteiger partial charge in [-0.15, -0.1) is 0 Å². The Labute approximate surface area is 494 Å². The lowest BCUT2D eigenvalue weighted by molar-refractivity contribution is 0.889. The zero-order chi connectivity index (χ0) is 56.5. The molecule has 0 saturated heterocycles. The molecular formula is C76H53N8P. The Hall–Kier alpha value is -10.5. The molecule has 2 atom stereocenters. The largest absolute Gasteiger partial charge is 0.308 e. The second-order valence-electron chi connectivity index (χ2n) is 22.0. The number of rotatable bonds is 8. The molecular weight excluding hydrogens is 1060 g/mol. The van der Waals surface area contributed by atoms with Gasteiger partial charge in [-0.1, -0.05) is 230 Å². The molecule has 4 aromatic heterocycles. The summed E-state index contributed by atoms with van der Waals surface area (Å²) in [6.07, 6.45) is 8.09. The first-order valence-corrected chi connectivity index (χ1v) is 30.1. The van der Waals surface area contributed by atoms with Crippen LogP contribution in [0.2, 0.25) is 0 Å². The first-order chi connectivity index (χ1) is 42.0. The summed E-state index contributed by atoms with van der Waals surface area (Å²) in [5, 5.41) is 3.53. The molecule has 0 N–H and O–H groups in total. The van der Waals surface area contributed by atoms with E-state index in [0.717, 1.165) is 112 Å². The van der Waals surface area contributed by atoms with Crippen molar-refractivity contribution in [3.8, 4) is 102 Å². The highest BCUT2D eigenvalue weighted by atomic mass is 31.1. The van der Waals surface area contributed by atoms with Crippen molar-refractivity contribution in [1.29, 1.82) is 0 Å². The minimum Gasteiger partial charge on any atom is -0.308 e. The molecule has 0 fully saturated rings. The van der Waals surface area contributed by atoms with Crippen LogP contribution in [-0.2, 0) is 0 Å². The van der Waals surface area contributed by atoms with Crippen LogP contribution in [0.4, 0.5) is 0 Å². The number of aryl methyl sites for hydroxylation is 1. The van der Waals surface area contributed by atoms with Crippen molar-refractivity contribution in [2.24, 2.45) is 5.92 Å². The molecule has 5 heterocycles. The lowest BCUT2D eigenvalue weighted by Gasteiger charge is -2.23. The molecule has 10 aromatic carbocycles. The van der Waals surface area contributed by atoms with Gasteiger partial charge < -0.3 is 9.13 Å². The van der Waals surface area contributed by atoms with Gasteiger partial charge in [0, 0.05) is 66.6 Å². The monoisotopic (exact) mass is 1110 g/mol. The second-order valence-corrected chi connectivity index (χ2v) is 23.2. The number of nitrogens with zero attached hydrogens (tertiary/aromatic N) is 8. The van der Waals surface area contributed by atoms with E-state index in [4.69, 9.17) is 29.9 Å². The molecule has 4 bridgehead atoms. The zero-order valence-electron chi connectivity index (χ0n) is 46.7. The molecule has 16 rings (SSSR count). The van der Waals surface area contributed by atoms with Crippen LogP contribution in [0, 0.1) is 12.8 Å². The molecule has 0 radical (unpaired) electrons. The molecule has 0 saturated carbocycles. The van der Waals surface area contributed by atoms with Crippen molar-refractivity contribution in [3.63, 3.8) is 0 Å². The van der Waals surface area contributed by atoms with Gasteiger partial charge in [-0.05, 0) is 93.3 Å². The molecule has 402 valence electrons. The van der Waals surface area contributed by atoms with Crippen LogP contribution in [0.1, 0.15) is 23.7 Å². The third-order valence-corrected chi connectivity index (χ3v) is 18.0. The van der Waals surface area contributed by atoms with E-state index in [1.54, 1.807) is 0 Å². The van der Waals surface area contributed by atoms with Gasteiger partial charge in [0.05, 0.1) is 33.6 Å². The summed E-state index contributed by atoms with van der Waals surface area (Å²) in [6.45, 7) is 4.44. The number of para-hydroxylation sites is 4. The Morgan fingerprint density at radius 2 is 0.788 bits per heavy atom. The summed E-state index contributed by atoms with van der Waals surface area (Å²) < 4.78 is 4.91. The van der Waals surface area contributed by atoms with E-state index in [-0.39, 0.29) is 5.92 Å². The molecule has 85 heavy (non-hydrogen) atoms. The van der Waals surface area contributed by atoms with E-state index in [0.29, 0.717) is 37.7 Å². The van der Waals surface area contributed by atoms with Gasteiger partial charge in [0.15, 0.2) is 34.7 Å². The molecule has 14 aromatic rings. The lowest BCUT2D eigenvalue weighted by atomic mass is 9.87. The van der Waals surface area contributed by atoms with Crippen LogP contribution >= 0.6 is 8.58 Å². The highest BCUT2D eigenvalue weighted by Crippen LogP contribution is 2.49.